The second kappa shape index (κ2) is 12.0. The number of nitrogens with zero attached hydrogens (tertiary/aromatic N) is 2. The third kappa shape index (κ3) is 6.40. The molecule has 1 heterocycles. The maximum Gasteiger partial charge on any atom is 0.223 e. The van der Waals surface area contributed by atoms with Crippen molar-refractivity contribution < 1.29 is 9.53 Å². The summed E-state index contributed by atoms with van der Waals surface area (Å²) in [4.78, 5) is 17.3. The molecule has 0 spiro atoms. The van der Waals surface area contributed by atoms with Gasteiger partial charge >= 0.3 is 0 Å². The number of rotatable bonds is 11. The topological polar surface area (TPSA) is 56.1 Å². The van der Waals surface area contributed by atoms with Gasteiger partial charge in [0.1, 0.15) is 11.6 Å². The van der Waals surface area contributed by atoms with E-state index < -0.39 is 0 Å². The zero-order valence-electron chi connectivity index (χ0n) is 20.8. The average molecular weight is 462 g/mol. The summed E-state index contributed by atoms with van der Waals surface area (Å²) in [6.45, 7) is 6.66. The van der Waals surface area contributed by atoms with Crippen molar-refractivity contribution >= 4 is 16.9 Å². The number of nitrogens with one attached hydrogen (secondary N) is 1. The van der Waals surface area contributed by atoms with E-state index in [2.05, 4.69) is 66.2 Å². The summed E-state index contributed by atoms with van der Waals surface area (Å²) in [5, 5.41) is 3.16. The van der Waals surface area contributed by atoms with Crippen LogP contribution >= 0.6 is 0 Å². The molecule has 5 heteroatoms. The Hall–Kier alpha value is -2.82. The van der Waals surface area contributed by atoms with E-state index in [-0.39, 0.29) is 11.8 Å². The number of aromatic nitrogens is 2. The van der Waals surface area contributed by atoms with E-state index in [1.807, 2.05) is 6.07 Å². The molecule has 1 amide bonds. The minimum atomic E-state index is 0.222. The maximum atomic E-state index is 12.4. The molecular formula is C29H39N3O2. The Labute approximate surface area is 203 Å². The number of hydrogen-bond acceptors (Lipinski definition) is 3. The third-order valence-electron chi connectivity index (χ3n) is 6.93. The number of amides is 1. The molecule has 5 nitrogen and oxygen atoms in total. The molecule has 34 heavy (non-hydrogen) atoms. The van der Waals surface area contributed by atoms with Gasteiger partial charge in [-0.05, 0) is 61.4 Å². The van der Waals surface area contributed by atoms with Gasteiger partial charge in [0.15, 0.2) is 0 Å². The number of para-hydroxylation sites is 2. The second-order valence-corrected chi connectivity index (χ2v) is 9.82. The summed E-state index contributed by atoms with van der Waals surface area (Å²) < 4.78 is 8.32. The number of imidazole rings is 1. The molecule has 0 radical (unpaired) electrons. The Morgan fingerprint density at radius 2 is 1.82 bits per heavy atom. The third-order valence-corrected chi connectivity index (χ3v) is 6.93. The predicted molar refractivity (Wildman–Crippen MR) is 138 cm³/mol. The van der Waals surface area contributed by atoms with Crippen LogP contribution < -0.4 is 10.1 Å². The molecule has 1 N–H and O–H groups in total. The molecule has 1 aliphatic rings. The monoisotopic (exact) mass is 461 g/mol. The highest BCUT2D eigenvalue weighted by molar-refractivity contribution is 5.78. The fourth-order valence-corrected chi connectivity index (χ4v) is 4.89. The van der Waals surface area contributed by atoms with Crippen molar-refractivity contribution in [1.29, 1.82) is 0 Å². The highest BCUT2D eigenvalue weighted by Crippen LogP contribution is 2.24. The van der Waals surface area contributed by atoms with E-state index in [4.69, 9.17) is 9.72 Å². The highest BCUT2D eigenvalue weighted by atomic mass is 16.5. The Morgan fingerprint density at radius 1 is 1.06 bits per heavy atom. The standard InChI is InChI=1S/C29H39N3O2/c1-22(2)23-15-17-25(18-16-23)34-21-9-20-32-27-13-7-6-12-26(27)31-28(32)14-8-19-30-29(33)24-10-4-3-5-11-24/h6-7,12-13,15-18,22,24H,3-5,8-11,14,19-21H2,1-2H3,(H,30,33). The molecule has 2 aromatic carbocycles. The zero-order chi connectivity index (χ0) is 23.8. The number of aryl methyl sites for hydroxylation is 2. The number of fused-ring (bicyclic) bond motifs is 1. The van der Waals surface area contributed by atoms with Crippen LogP contribution in [0.1, 0.15) is 76.1 Å². The molecule has 0 bridgehead atoms. The lowest BCUT2D eigenvalue weighted by Crippen LogP contribution is -2.32. The minimum absolute atomic E-state index is 0.222. The van der Waals surface area contributed by atoms with Gasteiger partial charge in [0.2, 0.25) is 5.91 Å². The zero-order valence-corrected chi connectivity index (χ0v) is 20.8. The van der Waals surface area contributed by atoms with Gasteiger partial charge in [-0.25, -0.2) is 4.98 Å². The lowest BCUT2D eigenvalue weighted by molar-refractivity contribution is -0.125. The Balaban J connectivity index is 1.28. The first-order valence-electron chi connectivity index (χ1n) is 13.1. The quantitative estimate of drug-likeness (QED) is 0.343. The number of benzene rings is 2. The van der Waals surface area contributed by atoms with Gasteiger partial charge in [-0.15, -0.1) is 0 Å². The van der Waals surface area contributed by atoms with Gasteiger partial charge in [0.05, 0.1) is 17.6 Å². The molecule has 1 aromatic heterocycles. The molecule has 182 valence electrons. The first kappa shape index (κ1) is 24.3. The van der Waals surface area contributed by atoms with Gasteiger partial charge in [-0.2, -0.15) is 0 Å². The van der Waals surface area contributed by atoms with Crippen LogP contribution in [0.3, 0.4) is 0 Å². The van der Waals surface area contributed by atoms with Crippen LogP contribution in [-0.4, -0.2) is 28.6 Å². The molecular weight excluding hydrogens is 422 g/mol. The first-order valence-corrected chi connectivity index (χ1v) is 13.1. The number of ether oxygens (including phenoxy) is 1. The lowest BCUT2D eigenvalue weighted by atomic mass is 9.89. The Kier molecular flexibility index (Phi) is 8.62. The molecule has 1 fully saturated rings. The normalized spacial score (nSPS) is 14.6. The smallest absolute Gasteiger partial charge is 0.223 e. The molecule has 0 unspecified atom stereocenters. The highest BCUT2D eigenvalue weighted by Gasteiger charge is 2.20. The predicted octanol–water partition coefficient (Wildman–Crippen LogP) is 6.26. The van der Waals surface area contributed by atoms with E-state index in [9.17, 15) is 4.79 Å². The second-order valence-electron chi connectivity index (χ2n) is 9.82. The van der Waals surface area contributed by atoms with E-state index in [1.54, 1.807) is 0 Å². The molecule has 0 atom stereocenters. The Bertz CT molecular complexity index is 1050. The Morgan fingerprint density at radius 3 is 2.59 bits per heavy atom. The van der Waals surface area contributed by atoms with E-state index in [0.29, 0.717) is 19.1 Å². The van der Waals surface area contributed by atoms with Crippen molar-refractivity contribution in [2.45, 2.75) is 77.7 Å². The van der Waals surface area contributed by atoms with E-state index in [1.165, 1.54) is 30.3 Å². The van der Waals surface area contributed by atoms with Gasteiger partial charge in [0, 0.05) is 25.4 Å². The van der Waals surface area contributed by atoms with Gasteiger partial charge in [0.25, 0.3) is 0 Å². The van der Waals surface area contributed by atoms with Crippen LogP contribution in [0.25, 0.3) is 11.0 Å². The number of carbonyl (C=O) groups is 1. The maximum absolute atomic E-state index is 12.4. The van der Waals surface area contributed by atoms with Gasteiger partial charge in [-0.1, -0.05) is 57.4 Å². The molecule has 4 rings (SSSR count). The van der Waals surface area contributed by atoms with E-state index in [0.717, 1.165) is 55.7 Å². The van der Waals surface area contributed by atoms with Crippen LogP contribution in [0.2, 0.25) is 0 Å². The van der Waals surface area contributed by atoms with Gasteiger partial charge < -0.3 is 14.6 Å². The molecule has 0 aliphatic heterocycles. The molecule has 0 saturated heterocycles. The van der Waals surface area contributed by atoms with Crippen molar-refractivity contribution in [2.24, 2.45) is 5.92 Å². The average Bonchev–Trinajstić information content (AvgIpc) is 3.22. The summed E-state index contributed by atoms with van der Waals surface area (Å²) in [7, 11) is 0. The lowest BCUT2D eigenvalue weighted by Gasteiger charge is -2.20. The van der Waals surface area contributed by atoms with Crippen molar-refractivity contribution in [3.63, 3.8) is 0 Å². The fourth-order valence-electron chi connectivity index (χ4n) is 4.89. The van der Waals surface area contributed by atoms with Crippen molar-refractivity contribution in [3.8, 4) is 5.75 Å². The SMILES string of the molecule is CC(C)c1ccc(OCCCn2c(CCCNC(=O)C3CCCCC3)nc3ccccc32)cc1. The van der Waals surface area contributed by atoms with Crippen LogP contribution in [-0.2, 0) is 17.8 Å². The first-order chi connectivity index (χ1) is 16.6. The summed E-state index contributed by atoms with van der Waals surface area (Å²) in [5.74, 6) is 3.01. The summed E-state index contributed by atoms with van der Waals surface area (Å²) in [6.07, 6.45) is 8.42. The van der Waals surface area contributed by atoms with E-state index >= 15 is 0 Å². The molecule has 1 saturated carbocycles. The molecule has 3 aromatic rings. The minimum Gasteiger partial charge on any atom is -0.494 e. The number of carbonyl (C=O) groups excluding carboxylic acids is 1. The van der Waals surface area contributed by atoms with Crippen molar-refractivity contribution in [1.82, 2.24) is 14.9 Å². The van der Waals surface area contributed by atoms with Crippen LogP contribution in [0.5, 0.6) is 5.75 Å². The largest absolute Gasteiger partial charge is 0.494 e. The van der Waals surface area contributed by atoms with Crippen molar-refractivity contribution in [2.75, 3.05) is 13.2 Å². The summed E-state index contributed by atoms with van der Waals surface area (Å²) >= 11 is 0. The molecule has 1 aliphatic carbocycles. The fraction of sp³-hybridized carbons (Fsp3) is 0.517. The summed E-state index contributed by atoms with van der Waals surface area (Å²) in [6, 6.07) is 16.8. The van der Waals surface area contributed by atoms with Crippen LogP contribution in [0.15, 0.2) is 48.5 Å². The van der Waals surface area contributed by atoms with Crippen LogP contribution in [0.4, 0.5) is 0 Å². The number of hydrogen-bond donors (Lipinski definition) is 1. The van der Waals surface area contributed by atoms with Crippen molar-refractivity contribution in [3.05, 3.63) is 59.9 Å². The van der Waals surface area contributed by atoms with Crippen LogP contribution in [0, 0.1) is 5.92 Å². The van der Waals surface area contributed by atoms with Gasteiger partial charge in [-0.3, -0.25) is 4.79 Å². The summed E-state index contributed by atoms with van der Waals surface area (Å²) in [5.41, 5.74) is 3.54.